The highest BCUT2D eigenvalue weighted by molar-refractivity contribution is 6.06. The van der Waals surface area contributed by atoms with Crippen molar-refractivity contribution < 1.29 is 31.8 Å². The molecule has 0 bridgehead atoms. The Morgan fingerprint density at radius 1 is 1.08 bits per heavy atom. The number of benzene rings is 2. The highest BCUT2D eigenvalue weighted by Gasteiger charge is 2.28. The summed E-state index contributed by atoms with van der Waals surface area (Å²) in [5.41, 5.74) is -1.89. The van der Waals surface area contributed by atoms with E-state index in [1.807, 2.05) is 6.07 Å². The smallest absolute Gasteiger partial charge is 0.387 e. The van der Waals surface area contributed by atoms with E-state index >= 15 is 8.78 Å². The summed E-state index contributed by atoms with van der Waals surface area (Å²) in [6.07, 6.45) is 0. The maximum Gasteiger partial charge on any atom is 0.387 e. The van der Waals surface area contributed by atoms with Gasteiger partial charge in [0, 0.05) is 24.7 Å². The Morgan fingerprint density at radius 2 is 1.72 bits per heavy atom. The summed E-state index contributed by atoms with van der Waals surface area (Å²) in [4.78, 5) is 30.8. The normalized spacial score (nSPS) is 10.8. The van der Waals surface area contributed by atoms with Crippen molar-refractivity contribution in [1.29, 1.82) is 5.26 Å². The number of anilines is 1. The number of hydrogen-bond acceptors (Lipinski definition) is 6. The summed E-state index contributed by atoms with van der Waals surface area (Å²) < 4.78 is 66.5. The lowest BCUT2D eigenvalue weighted by Crippen LogP contribution is -2.24. The fraction of sp³-hybridized carbons (Fsp3) is 0.154. The second-order valence-corrected chi connectivity index (χ2v) is 8.19. The SMILES string of the molecule is COc1cc(F)c(-c2c(NC(=O)c3ccc(OC(F)F)cc3)c(=O)n(-c3cc(C)cc(C#N)n3)n2C)c(F)c1. The van der Waals surface area contributed by atoms with Crippen LogP contribution in [0.1, 0.15) is 21.6 Å². The van der Waals surface area contributed by atoms with Crippen molar-refractivity contribution >= 4 is 11.6 Å². The molecular formula is C26H19F4N5O4. The molecule has 200 valence electrons. The van der Waals surface area contributed by atoms with Crippen LogP contribution < -0.4 is 20.3 Å². The molecule has 1 amide bonds. The van der Waals surface area contributed by atoms with Crippen LogP contribution in [0.5, 0.6) is 11.5 Å². The van der Waals surface area contributed by atoms with Gasteiger partial charge in [-0.2, -0.15) is 18.7 Å². The minimum atomic E-state index is -3.07. The predicted octanol–water partition coefficient (Wildman–Crippen LogP) is 4.56. The lowest BCUT2D eigenvalue weighted by molar-refractivity contribution is -0.0498. The van der Waals surface area contributed by atoms with Crippen LogP contribution in [0.2, 0.25) is 0 Å². The van der Waals surface area contributed by atoms with E-state index in [-0.39, 0.29) is 34.3 Å². The van der Waals surface area contributed by atoms with Gasteiger partial charge in [-0.05, 0) is 48.9 Å². The summed E-state index contributed by atoms with van der Waals surface area (Å²) in [5.74, 6) is -3.40. The fourth-order valence-corrected chi connectivity index (χ4v) is 3.94. The number of nitrogens with one attached hydrogen (secondary N) is 1. The van der Waals surface area contributed by atoms with Gasteiger partial charge in [-0.3, -0.25) is 14.3 Å². The van der Waals surface area contributed by atoms with Crippen molar-refractivity contribution in [3.63, 3.8) is 0 Å². The number of nitriles is 1. The summed E-state index contributed by atoms with van der Waals surface area (Å²) in [6, 6.07) is 11.2. The van der Waals surface area contributed by atoms with Gasteiger partial charge in [-0.15, -0.1) is 0 Å². The van der Waals surface area contributed by atoms with Crippen LogP contribution in [-0.2, 0) is 7.05 Å². The third-order valence-electron chi connectivity index (χ3n) is 5.62. The quantitative estimate of drug-likeness (QED) is 0.344. The first-order valence-corrected chi connectivity index (χ1v) is 11.1. The molecule has 4 aromatic rings. The van der Waals surface area contributed by atoms with Crippen molar-refractivity contribution in [2.75, 3.05) is 12.4 Å². The van der Waals surface area contributed by atoms with Gasteiger partial charge < -0.3 is 14.8 Å². The maximum absolute atomic E-state index is 15.2. The van der Waals surface area contributed by atoms with Gasteiger partial charge in [0.25, 0.3) is 11.5 Å². The summed E-state index contributed by atoms with van der Waals surface area (Å²) >= 11 is 0. The van der Waals surface area contributed by atoms with Gasteiger partial charge in [-0.1, -0.05) is 0 Å². The number of aryl methyl sites for hydroxylation is 1. The predicted molar refractivity (Wildman–Crippen MR) is 131 cm³/mol. The van der Waals surface area contributed by atoms with Crippen LogP contribution in [-0.4, -0.2) is 34.0 Å². The van der Waals surface area contributed by atoms with Crippen LogP contribution in [0.25, 0.3) is 17.1 Å². The zero-order valence-corrected chi connectivity index (χ0v) is 20.6. The Balaban J connectivity index is 1.91. The van der Waals surface area contributed by atoms with E-state index in [1.165, 1.54) is 38.4 Å². The molecule has 0 atom stereocenters. The second-order valence-electron chi connectivity index (χ2n) is 8.19. The molecule has 0 spiro atoms. The van der Waals surface area contributed by atoms with E-state index in [0.717, 1.165) is 33.6 Å². The Hall–Kier alpha value is -5.12. The molecule has 0 radical (unpaired) electrons. The monoisotopic (exact) mass is 541 g/mol. The first-order valence-electron chi connectivity index (χ1n) is 11.1. The van der Waals surface area contributed by atoms with Gasteiger partial charge in [-0.25, -0.2) is 13.8 Å². The molecule has 0 aliphatic rings. The number of amides is 1. The fourth-order valence-electron chi connectivity index (χ4n) is 3.94. The molecular weight excluding hydrogens is 522 g/mol. The largest absolute Gasteiger partial charge is 0.497 e. The van der Waals surface area contributed by atoms with E-state index in [1.54, 1.807) is 6.92 Å². The molecule has 0 aliphatic heterocycles. The third kappa shape index (κ3) is 5.30. The topological polar surface area (TPSA) is 111 Å². The average Bonchev–Trinajstić information content (AvgIpc) is 3.12. The van der Waals surface area contributed by atoms with Gasteiger partial charge >= 0.3 is 6.61 Å². The molecule has 9 nitrogen and oxygen atoms in total. The van der Waals surface area contributed by atoms with Crippen molar-refractivity contribution in [3.8, 4) is 34.6 Å². The molecule has 39 heavy (non-hydrogen) atoms. The first kappa shape index (κ1) is 26.9. The zero-order valence-electron chi connectivity index (χ0n) is 20.6. The molecule has 1 N–H and O–H groups in total. The summed E-state index contributed by atoms with van der Waals surface area (Å²) in [5, 5.41) is 11.7. The molecule has 0 unspecified atom stereocenters. The number of halogens is 4. The Bertz CT molecular complexity index is 1650. The molecule has 2 aromatic carbocycles. The minimum Gasteiger partial charge on any atom is -0.497 e. The standard InChI is InChI=1S/C26H19F4N5O4/c1-13-8-15(12-31)32-20(9-13)35-25(37)22(33-24(36)14-4-6-16(7-5-14)39-26(29)30)23(34(35)2)21-18(27)10-17(38-3)11-19(21)28/h4-11,26H,1-3H3,(H,33,36). The molecule has 2 aromatic heterocycles. The number of alkyl halides is 2. The number of pyridine rings is 1. The lowest BCUT2D eigenvalue weighted by atomic mass is 10.1. The number of methoxy groups -OCH3 is 1. The van der Waals surface area contributed by atoms with Gasteiger partial charge in [0.2, 0.25) is 0 Å². The van der Waals surface area contributed by atoms with Crippen LogP contribution >= 0.6 is 0 Å². The molecule has 0 aliphatic carbocycles. The maximum atomic E-state index is 15.2. The van der Waals surface area contributed by atoms with Crippen molar-refractivity contribution in [3.05, 3.63) is 87.3 Å². The first-order chi connectivity index (χ1) is 18.5. The highest BCUT2D eigenvalue weighted by Crippen LogP contribution is 2.34. The van der Waals surface area contributed by atoms with E-state index in [0.29, 0.717) is 5.56 Å². The Morgan fingerprint density at radius 3 is 2.28 bits per heavy atom. The van der Waals surface area contributed by atoms with E-state index in [4.69, 9.17) is 4.74 Å². The van der Waals surface area contributed by atoms with Crippen LogP contribution in [0, 0.1) is 29.9 Å². The van der Waals surface area contributed by atoms with Crippen molar-refractivity contribution in [2.24, 2.45) is 7.05 Å². The minimum absolute atomic E-state index is 0.0156. The highest BCUT2D eigenvalue weighted by atomic mass is 19.3. The molecule has 4 rings (SSSR count). The van der Waals surface area contributed by atoms with Gasteiger partial charge in [0.05, 0.1) is 12.7 Å². The van der Waals surface area contributed by atoms with Gasteiger partial charge in [0.1, 0.15) is 46.3 Å². The van der Waals surface area contributed by atoms with Crippen LogP contribution in [0.15, 0.2) is 53.3 Å². The Labute approximate surface area is 218 Å². The van der Waals surface area contributed by atoms with Gasteiger partial charge in [0.15, 0.2) is 5.82 Å². The summed E-state index contributed by atoms with van der Waals surface area (Å²) in [7, 11) is 2.54. The number of rotatable bonds is 7. The van der Waals surface area contributed by atoms with Crippen LogP contribution in [0.3, 0.4) is 0 Å². The van der Waals surface area contributed by atoms with Crippen molar-refractivity contribution in [1.82, 2.24) is 14.3 Å². The number of carbonyl (C=O) groups is 1. The van der Waals surface area contributed by atoms with Crippen LogP contribution in [0.4, 0.5) is 23.2 Å². The molecule has 0 saturated carbocycles. The second kappa shape index (κ2) is 10.7. The Kier molecular flexibility index (Phi) is 7.39. The number of aromatic nitrogens is 3. The lowest BCUT2D eigenvalue weighted by Gasteiger charge is -2.13. The summed E-state index contributed by atoms with van der Waals surface area (Å²) in [6.45, 7) is -1.41. The number of carbonyl (C=O) groups excluding carboxylic acids is 1. The zero-order chi connectivity index (χ0) is 28.4. The number of ether oxygens (including phenoxy) is 2. The number of hydrogen-bond donors (Lipinski definition) is 1. The van der Waals surface area contributed by atoms with E-state index < -0.39 is 41.0 Å². The number of nitrogens with zero attached hydrogens (tertiary/aromatic N) is 4. The molecule has 0 saturated heterocycles. The van der Waals surface area contributed by atoms with E-state index in [2.05, 4.69) is 15.0 Å². The molecule has 2 heterocycles. The van der Waals surface area contributed by atoms with Crippen molar-refractivity contribution in [2.45, 2.75) is 13.5 Å². The van der Waals surface area contributed by atoms with E-state index in [9.17, 15) is 23.6 Å². The average molecular weight is 541 g/mol. The molecule has 13 heteroatoms. The third-order valence-corrected chi connectivity index (χ3v) is 5.62. The molecule has 0 fully saturated rings.